The van der Waals surface area contributed by atoms with Crippen LogP contribution in [0.2, 0.25) is 16.6 Å². The minimum absolute atomic E-state index is 0.503. The lowest BCUT2D eigenvalue weighted by Crippen LogP contribution is -2.50. The van der Waals surface area contributed by atoms with Crippen molar-refractivity contribution in [2.24, 2.45) is 0 Å². The zero-order valence-electron chi connectivity index (χ0n) is 25.1. The Hall–Kier alpha value is -2.64. The Kier molecular flexibility index (Phi) is 13.7. The van der Waals surface area contributed by atoms with Gasteiger partial charge in [0.05, 0.1) is 6.61 Å². The molecule has 6 nitrogen and oxygen atoms in total. The first-order valence-corrected chi connectivity index (χ1v) is 16.7. The number of para-hydroxylation sites is 1. The fraction of sp³-hybridized carbons (Fsp3) is 0.562. The van der Waals surface area contributed by atoms with Crippen molar-refractivity contribution in [2.75, 3.05) is 20.2 Å². The molecular weight excluding hydrogens is 504 g/mol. The van der Waals surface area contributed by atoms with Gasteiger partial charge in [0, 0.05) is 25.8 Å². The third kappa shape index (κ3) is 9.50. The van der Waals surface area contributed by atoms with E-state index in [1.807, 2.05) is 0 Å². The average Bonchev–Trinajstić information content (AvgIpc) is 2.91. The quantitative estimate of drug-likeness (QED) is 0.140. The van der Waals surface area contributed by atoms with Crippen LogP contribution >= 0.6 is 0 Å². The van der Waals surface area contributed by atoms with Crippen molar-refractivity contribution < 1.29 is 18.8 Å². The Morgan fingerprint density at radius 3 is 1.85 bits per heavy atom. The third-order valence-electron chi connectivity index (χ3n) is 7.67. The first kappa shape index (κ1) is 32.6. The second-order valence-corrected chi connectivity index (χ2v) is 16.6. The van der Waals surface area contributed by atoms with Gasteiger partial charge in [0.2, 0.25) is 0 Å². The first-order chi connectivity index (χ1) is 18.6. The Morgan fingerprint density at radius 2 is 1.28 bits per heavy atom. The van der Waals surface area contributed by atoms with Gasteiger partial charge < -0.3 is 19.8 Å². The van der Waals surface area contributed by atoms with E-state index < -0.39 is 20.1 Å². The van der Waals surface area contributed by atoms with Gasteiger partial charge in [0.1, 0.15) is 5.75 Å². The second-order valence-electron chi connectivity index (χ2n) is 11.2. The van der Waals surface area contributed by atoms with Crippen molar-refractivity contribution in [2.45, 2.75) is 96.9 Å². The van der Waals surface area contributed by atoms with E-state index in [0.29, 0.717) is 36.4 Å². The smallest absolute Gasteiger partial charge is 0.309 e. The van der Waals surface area contributed by atoms with E-state index in [-0.39, 0.29) is 0 Å². The molecule has 2 N–H and O–H groups in total. The lowest BCUT2D eigenvalue weighted by Gasteiger charge is -2.42. The molecule has 0 aliphatic heterocycles. The zero-order valence-corrected chi connectivity index (χ0v) is 26.1. The molecule has 0 aliphatic rings. The van der Waals surface area contributed by atoms with Crippen LogP contribution in [0.5, 0.6) is 5.75 Å². The largest absolute Gasteiger partial charge is 0.542 e. The number of carbonyl (C=O) groups is 2. The van der Waals surface area contributed by atoms with E-state index in [2.05, 4.69) is 101 Å². The molecule has 216 valence electrons. The number of rotatable bonds is 16. The monoisotopic (exact) mass is 554 g/mol. The molecule has 0 saturated heterocycles. The summed E-state index contributed by atoms with van der Waals surface area (Å²) in [5, 5.41) is 4.99. The van der Waals surface area contributed by atoms with E-state index in [0.717, 1.165) is 43.4 Å². The highest BCUT2D eigenvalue weighted by Crippen LogP contribution is 2.43. The van der Waals surface area contributed by atoms with Crippen LogP contribution in [0.15, 0.2) is 48.5 Å². The highest BCUT2D eigenvalue weighted by atomic mass is 28.4. The van der Waals surface area contributed by atoms with E-state index >= 15 is 0 Å². The van der Waals surface area contributed by atoms with Gasteiger partial charge in [0.15, 0.2) is 0 Å². The van der Waals surface area contributed by atoms with Crippen molar-refractivity contribution >= 4 is 20.1 Å². The molecule has 0 aliphatic carbocycles. The van der Waals surface area contributed by atoms with Gasteiger partial charge >= 0.3 is 11.8 Å². The molecule has 39 heavy (non-hydrogen) atoms. The number of carbonyl (C=O) groups excluding carboxylic acids is 2. The van der Waals surface area contributed by atoms with Gasteiger partial charge in [-0.2, -0.15) is 0 Å². The van der Waals surface area contributed by atoms with Crippen LogP contribution in [0.3, 0.4) is 0 Å². The van der Waals surface area contributed by atoms with Gasteiger partial charge in [-0.3, -0.25) is 9.59 Å². The maximum Gasteiger partial charge on any atom is 0.309 e. The average molecular weight is 555 g/mol. The maximum atomic E-state index is 11.5. The number of unbranched alkanes of at least 4 members (excludes halogenated alkanes) is 1. The van der Waals surface area contributed by atoms with Crippen LogP contribution in [-0.4, -0.2) is 40.3 Å². The minimum Gasteiger partial charge on any atom is -0.542 e. The number of aryl methyl sites for hydroxylation is 2. The number of likely N-dealkylation sites (N-methyl/N-ethyl adjacent to an activating group) is 1. The van der Waals surface area contributed by atoms with Gasteiger partial charge in [-0.05, 0) is 65.9 Å². The second kappa shape index (κ2) is 16.5. The molecule has 2 amide bonds. The van der Waals surface area contributed by atoms with Crippen molar-refractivity contribution in [1.29, 1.82) is 0 Å². The summed E-state index contributed by atoms with van der Waals surface area (Å²) in [7, 11) is -0.573. The Bertz CT molecular complexity index is 1020. The van der Waals surface area contributed by atoms with Gasteiger partial charge in [-0.25, -0.2) is 0 Å². The summed E-state index contributed by atoms with van der Waals surface area (Å²) in [6.07, 6.45) is 4.64. The molecule has 0 atom stereocenters. The Labute approximate surface area is 237 Å². The summed E-state index contributed by atoms with van der Waals surface area (Å²) >= 11 is 0. The van der Waals surface area contributed by atoms with Crippen molar-refractivity contribution in [3.05, 3.63) is 65.2 Å². The van der Waals surface area contributed by atoms with Crippen LogP contribution in [0.1, 0.15) is 77.5 Å². The molecule has 0 bridgehead atoms. The van der Waals surface area contributed by atoms with E-state index in [1.54, 1.807) is 0 Å². The molecule has 2 aromatic carbocycles. The van der Waals surface area contributed by atoms with Crippen molar-refractivity contribution in [3.8, 4) is 5.75 Å². The molecule has 0 heterocycles. The summed E-state index contributed by atoms with van der Waals surface area (Å²) in [4.78, 5) is 22.8. The number of hydrogen-bond donors (Lipinski definition) is 2. The standard InChI is InChI=1S/C32H50N2O4Si/c1-24(2)39(25(3)4,26(5)6)38-30-20-11-10-18-29(30)23-37-22-14-19-28-16-9-8-15-27(28)17-12-13-21-34-32(36)31(35)33-7/h8-11,15-16,18,20,24-26H,12-14,17,19,21-23H2,1-7H3,(H,33,35)(H,34,36). The van der Waals surface area contributed by atoms with Crippen LogP contribution in [-0.2, 0) is 33.8 Å². The van der Waals surface area contributed by atoms with Crippen molar-refractivity contribution in [1.82, 2.24) is 10.6 Å². The molecule has 0 spiro atoms. The minimum atomic E-state index is -2.03. The fourth-order valence-corrected chi connectivity index (χ4v) is 11.0. The predicted molar refractivity (Wildman–Crippen MR) is 163 cm³/mol. The van der Waals surface area contributed by atoms with Crippen LogP contribution in [0.4, 0.5) is 0 Å². The zero-order chi connectivity index (χ0) is 28.8. The van der Waals surface area contributed by atoms with Gasteiger partial charge in [0.25, 0.3) is 8.32 Å². The molecule has 0 fully saturated rings. The molecule has 0 unspecified atom stereocenters. The third-order valence-corrected chi connectivity index (χ3v) is 13.7. The highest BCUT2D eigenvalue weighted by Gasteiger charge is 2.47. The summed E-state index contributed by atoms with van der Waals surface area (Å²) in [6.45, 7) is 15.6. The normalized spacial score (nSPS) is 11.7. The predicted octanol–water partition coefficient (Wildman–Crippen LogP) is 6.58. The summed E-state index contributed by atoms with van der Waals surface area (Å²) in [6, 6.07) is 16.9. The molecule has 2 aromatic rings. The van der Waals surface area contributed by atoms with Gasteiger partial charge in [-0.15, -0.1) is 0 Å². The number of benzene rings is 2. The van der Waals surface area contributed by atoms with E-state index in [4.69, 9.17) is 9.16 Å². The topological polar surface area (TPSA) is 76.7 Å². The molecule has 2 rings (SSSR count). The van der Waals surface area contributed by atoms with Crippen LogP contribution < -0.4 is 15.1 Å². The maximum absolute atomic E-state index is 11.5. The number of ether oxygens (including phenoxy) is 1. The Morgan fingerprint density at radius 1 is 0.744 bits per heavy atom. The van der Waals surface area contributed by atoms with Crippen molar-refractivity contribution in [3.63, 3.8) is 0 Å². The SMILES string of the molecule is CNC(=O)C(=O)NCCCCc1ccccc1CCCOCc1ccccc1O[Si](C(C)C)(C(C)C)C(C)C. The van der Waals surface area contributed by atoms with Crippen LogP contribution in [0, 0.1) is 0 Å². The molecule has 0 saturated carbocycles. The Balaban J connectivity index is 1.85. The van der Waals surface area contributed by atoms with Crippen LogP contribution in [0.25, 0.3) is 0 Å². The summed E-state index contributed by atoms with van der Waals surface area (Å²) < 4.78 is 13.1. The lowest BCUT2D eigenvalue weighted by molar-refractivity contribution is -0.138. The van der Waals surface area contributed by atoms with E-state index in [1.165, 1.54) is 18.2 Å². The van der Waals surface area contributed by atoms with Gasteiger partial charge in [-0.1, -0.05) is 84.0 Å². The number of hydrogen-bond acceptors (Lipinski definition) is 4. The fourth-order valence-electron chi connectivity index (χ4n) is 5.69. The number of nitrogens with one attached hydrogen (secondary N) is 2. The summed E-state index contributed by atoms with van der Waals surface area (Å²) in [5.41, 5.74) is 5.38. The summed E-state index contributed by atoms with van der Waals surface area (Å²) in [5.74, 6) is -0.194. The first-order valence-electron chi connectivity index (χ1n) is 14.5. The molecule has 0 radical (unpaired) electrons. The van der Waals surface area contributed by atoms with E-state index in [9.17, 15) is 9.59 Å². The molecule has 0 aromatic heterocycles. The number of amides is 2. The highest BCUT2D eigenvalue weighted by molar-refractivity contribution is 6.78. The molecule has 7 heteroatoms. The lowest BCUT2D eigenvalue weighted by atomic mass is 9.98. The molecular formula is C32H50N2O4Si.